The number of hydrogen-bond donors (Lipinski definition) is 0. The molecule has 11 nitrogen and oxygen atoms in total. The van der Waals surface area contributed by atoms with Crippen LogP contribution in [0.3, 0.4) is 0 Å². The summed E-state index contributed by atoms with van der Waals surface area (Å²) >= 11 is 21.8. The van der Waals surface area contributed by atoms with Gasteiger partial charge in [0.1, 0.15) is 33.6 Å². The largest absolute Gasteiger partial charge is 0.417 e. The molecule has 0 unspecified atom stereocenters. The Balaban J connectivity index is -0.0000000433. The summed E-state index contributed by atoms with van der Waals surface area (Å²) in [5.74, 6) is -14.9. The first-order valence-electron chi connectivity index (χ1n) is 25.9. The summed E-state index contributed by atoms with van der Waals surface area (Å²) in [4.78, 5) is 35.6. The van der Waals surface area contributed by atoms with Gasteiger partial charge in [-0.3, -0.25) is 15.0 Å². The monoisotopic (exact) mass is 3020 g/mol. The number of halogens is 26. The van der Waals surface area contributed by atoms with Gasteiger partial charge in [0, 0.05) is 332 Å². The molecule has 0 amide bonds. The van der Waals surface area contributed by atoms with E-state index >= 15 is 0 Å². The van der Waals surface area contributed by atoms with Crippen LogP contribution in [0.4, 0.5) is 96.6 Å². The van der Waals surface area contributed by atoms with E-state index in [2.05, 4.69) is 68.7 Å². The van der Waals surface area contributed by atoms with Crippen molar-refractivity contribution in [1.29, 1.82) is 0 Å². The van der Waals surface area contributed by atoms with Gasteiger partial charge in [0.25, 0.3) is 0 Å². The van der Waals surface area contributed by atoms with E-state index in [1.807, 2.05) is 18.2 Å². The van der Waals surface area contributed by atoms with Crippen LogP contribution in [-0.2, 0) is 271 Å². The summed E-state index contributed by atoms with van der Waals surface area (Å²) < 4.78 is 261. The van der Waals surface area contributed by atoms with E-state index in [1.165, 1.54) is 36.3 Å². The van der Waals surface area contributed by atoms with Gasteiger partial charge in [-0.2, -0.15) is 62.1 Å². The van der Waals surface area contributed by atoms with Crippen molar-refractivity contribution in [2.45, 2.75) is 39.0 Å². The average molecular weight is 3030 g/mol. The van der Waals surface area contributed by atoms with Crippen LogP contribution in [0.2, 0.25) is 20.4 Å². The van der Waals surface area contributed by atoms with Gasteiger partial charge in [-0.05, 0) is 109 Å². The van der Waals surface area contributed by atoms with Gasteiger partial charge in [-0.1, -0.05) is 60.3 Å². The van der Waals surface area contributed by atoms with Gasteiger partial charge in [-0.25, -0.2) is 74.4 Å². The number of aromatic nitrogens is 11. The Labute approximate surface area is 880 Å². The third-order valence-corrected chi connectivity index (χ3v) is 10.6. The Morgan fingerprint density at radius 2 is 0.708 bits per heavy atom. The molecule has 0 aliphatic carbocycles. The molecule has 0 saturated heterocycles. The van der Waals surface area contributed by atoms with E-state index in [9.17, 15) is 96.6 Å². The second kappa shape index (κ2) is 99.6. The Kier molecular flexibility index (Phi) is 146. The fourth-order valence-electron chi connectivity index (χ4n) is 5.20. The van der Waals surface area contributed by atoms with Crippen molar-refractivity contribution in [3.05, 3.63) is 408 Å². The molecule has 48 heteroatoms. The number of pyridine rings is 11. The molecule has 0 spiro atoms. The number of nitrogens with zero attached hydrogens (tertiary/aromatic N) is 11. The average Bonchev–Trinajstić information content (AvgIpc) is 0.859. The van der Waals surface area contributed by atoms with Crippen LogP contribution < -0.4 is 0 Å². The standard InChI is InChI=1S/2C7H8ClN.2C6H3ClF3N.2C5H2F3N.5C5H3F2N.11CH3.7Nb.4Ta/c1-2-6-3-4-9-5-7(6)8;1-2-6-3-4-9-7(8)5-6;7-5-3-11-2-1-4(5)6(8,9)10;7-5-3-4(1-2-11-5)6(8,9)10;6-3-1-4(7)5(8)9-2-3;6-3-1-4(7)9-5(8)2-3;6-4-1-2-8-3-5(4)7;6-4-1-2-8-5(7)3-4;6-4-1-2-5(7)8-3-4;2*6-4-2-1-3-8-5(4)7;;;;;;;;;;;;;;;;;;;;;;/h2*3-5H,2H2,1H3;2*1-3H;2*1-2H;5*1-3H;11*1H3;;;;;;;;;;;/q;;;;;;;;;;;11*-1;;;;;;;;;;;. The van der Waals surface area contributed by atoms with Crippen LogP contribution in [-0.4, -0.2) is 54.8 Å². The summed E-state index contributed by atoms with van der Waals surface area (Å²) in [5, 5.41) is 0.814. The maximum Gasteiger partial charge on any atom is 0.417 e. The zero-order chi connectivity index (χ0) is 74.0. The van der Waals surface area contributed by atoms with Crippen LogP contribution in [0, 0.1) is 176 Å². The van der Waals surface area contributed by atoms with E-state index in [1.54, 1.807) is 18.6 Å². The number of hydrogen-bond acceptors (Lipinski definition) is 11. The van der Waals surface area contributed by atoms with E-state index in [0.717, 1.165) is 121 Å². The van der Waals surface area contributed by atoms with Crippen LogP contribution in [0.15, 0.2) is 190 Å². The maximum atomic E-state index is 11.9. The van der Waals surface area contributed by atoms with Gasteiger partial charge in [0.2, 0.25) is 41.6 Å². The third kappa shape index (κ3) is 85.8. The number of alkyl halides is 6. The summed E-state index contributed by atoms with van der Waals surface area (Å²) in [6.45, 7) is 4.16. The first kappa shape index (κ1) is 176. The van der Waals surface area contributed by atoms with E-state index in [-0.39, 0.29) is 338 Å². The number of rotatable bonds is 2. The zero-order valence-electron chi connectivity index (χ0n) is 65.0. The van der Waals surface area contributed by atoms with Gasteiger partial charge in [0.05, 0.1) is 39.8 Å². The quantitative estimate of drug-likeness (QED) is 0.0706. The third-order valence-electron chi connectivity index (χ3n) is 9.59. The van der Waals surface area contributed by atoms with E-state index in [4.69, 9.17) is 46.4 Å². The number of aryl methyl sites for hydroxylation is 2. The molecular weight excluding hydrogens is 2950 g/mol. The predicted octanol–water partition coefficient (Wildman–Crippen LogP) is 24.8. The second-order valence-electron chi connectivity index (χ2n) is 16.7. The van der Waals surface area contributed by atoms with Crippen LogP contribution in [0.25, 0.3) is 0 Å². The molecule has 0 N–H and O–H groups in total. The van der Waals surface area contributed by atoms with E-state index in [0.29, 0.717) is 29.5 Å². The molecule has 0 saturated carbocycles. The molecule has 11 aromatic rings. The van der Waals surface area contributed by atoms with Gasteiger partial charge >= 0.3 is 12.4 Å². The Morgan fingerprint density at radius 3 is 0.983 bits per heavy atom. The van der Waals surface area contributed by atoms with Crippen molar-refractivity contribution < 1.29 is 343 Å². The van der Waals surface area contributed by atoms with Crippen LogP contribution in [0.5, 0.6) is 0 Å². The SMILES string of the molecule is CCc1ccnc(Cl)c1.CCc1ccncc1Cl.FC(F)(F)c1ccnc(Cl)c1.FC(F)(F)c1ccncc1Cl.Fc1cc(F)nc(F)c1.Fc1ccc(F)nc1.Fc1cccnc1F.Fc1cccnc1F.Fc1ccnc(F)c1.Fc1ccncc1F.Fc1cnc(F)c(F)c1.[CH3-].[CH3-].[CH3-].[CH3-].[CH3-].[CH3-].[CH3-].[CH3-].[CH3-].[CH3-].[CH3-].[Nb].[Nb].[Nb].[Nb].[Nb].[Nb].[Nb].[Ta].[Ta].[Ta].[Ta]. The second-order valence-corrected chi connectivity index (χ2v) is 18.3. The molecule has 11 heterocycles. The topological polar surface area (TPSA) is 142 Å². The zero-order valence-corrected chi connectivity index (χ0v) is 96.2. The molecule has 665 valence electrons. The maximum absolute atomic E-state index is 11.9. The van der Waals surface area contributed by atoms with Crippen molar-refractivity contribution in [1.82, 2.24) is 54.8 Å². The molecule has 11 aromatic heterocycles. The van der Waals surface area contributed by atoms with Crippen molar-refractivity contribution >= 4 is 46.4 Å². The first-order chi connectivity index (χ1) is 46.1. The van der Waals surface area contributed by atoms with Crippen LogP contribution in [0.1, 0.15) is 36.1 Å². The molecule has 0 aliphatic rings. The minimum absolute atomic E-state index is 0. The van der Waals surface area contributed by atoms with Gasteiger partial charge in [0.15, 0.2) is 29.1 Å². The van der Waals surface area contributed by atoms with Crippen molar-refractivity contribution in [2.24, 2.45) is 0 Å². The minimum atomic E-state index is -4.39. The Hall–Kier alpha value is -1.59. The Morgan fingerprint density at radius 1 is 0.292 bits per heavy atom. The molecule has 0 aromatic carbocycles. The molecule has 11 rings (SSSR count). The van der Waals surface area contributed by atoms with Gasteiger partial charge < -0.3 is 81.7 Å². The van der Waals surface area contributed by atoms with Crippen LogP contribution >= 0.6 is 46.4 Å². The van der Waals surface area contributed by atoms with Crippen molar-refractivity contribution in [3.8, 4) is 0 Å². The minimum Gasteiger partial charge on any atom is -0.358 e. The molecule has 11 radical (unpaired) electrons. The fourth-order valence-corrected chi connectivity index (χ4v) is 6.05. The van der Waals surface area contributed by atoms with E-state index < -0.39 is 117 Å². The summed E-state index contributed by atoms with van der Waals surface area (Å²) in [6.07, 6.45) is 8.36. The molecule has 120 heavy (non-hydrogen) atoms. The molecule has 0 aliphatic heterocycles. The molecular formula is C72H74Cl4F22N11Nb7Ta4-11. The summed E-state index contributed by atoms with van der Waals surface area (Å²) in [7, 11) is 0. The molecule has 0 bridgehead atoms. The molecule has 0 atom stereocenters. The molecule has 0 fully saturated rings. The summed E-state index contributed by atoms with van der Waals surface area (Å²) in [5.41, 5.74) is 0.758. The normalized spacial score (nSPS) is 8.10. The Bertz CT molecular complexity index is 3900. The van der Waals surface area contributed by atoms with Crippen molar-refractivity contribution in [2.75, 3.05) is 0 Å². The van der Waals surface area contributed by atoms with Crippen molar-refractivity contribution in [3.63, 3.8) is 0 Å². The fraction of sp³-hybridized carbons (Fsp3) is 0.0833. The smallest absolute Gasteiger partial charge is 0.358 e. The summed E-state index contributed by atoms with van der Waals surface area (Å²) in [6, 6.07) is 19.2. The first-order valence-corrected chi connectivity index (χ1v) is 27.4. The van der Waals surface area contributed by atoms with Gasteiger partial charge in [-0.15, -0.1) is 0 Å². The predicted molar refractivity (Wildman–Crippen MR) is 385 cm³/mol.